The molecule has 1 N–H and O–H groups in total. The van der Waals surface area contributed by atoms with E-state index in [9.17, 15) is 4.79 Å². The van der Waals surface area contributed by atoms with Crippen molar-refractivity contribution in [1.29, 1.82) is 0 Å². The maximum absolute atomic E-state index is 12.6. The topological polar surface area (TPSA) is 69.0 Å². The van der Waals surface area contributed by atoms with E-state index < -0.39 is 0 Å². The summed E-state index contributed by atoms with van der Waals surface area (Å²) in [5.41, 5.74) is 0.864. The molecule has 3 heterocycles. The maximum atomic E-state index is 12.6. The van der Waals surface area contributed by atoms with Gasteiger partial charge in [0, 0.05) is 39.4 Å². The van der Waals surface area contributed by atoms with Crippen LogP contribution in [0, 0.1) is 5.92 Å². The summed E-state index contributed by atoms with van der Waals surface area (Å²) in [6.45, 7) is 11.1. The Balaban J connectivity index is 0.00000280. The highest BCUT2D eigenvalue weighted by Crippen LogP contribution is 2.17. The Hall–Kier alpha value is -1.36. The standard InChI is InChI=1S/C19H33N7O.HI/c1-4-20-19(21-7-10-24-8-5-16(2)6-9-24)25-11-12-26(18(27)15-25)17-13-22-23(3)14-17;/h13-14,16H,4-12,15H2,1-3H3,(H,20,21);1H. The van der Waals surface area contributed by atoms with Gasteiger partial charge in [0.2, 0.25) is 5.91 Å². The number of anilines is 1. The molecule has 0 saturated carbocycles. The van der Waals surface area contributed by atoms with Gasteiger partial charge in [0.05, 0.1) is 18.4 Å². The third-order valence-corrected chi connectivity index (χ3v) is 5.41. The van der Waals surface area contributed by atoms with E-state index in [1.165, 1.54) is 25.9 Å². The number of piperazine rings is 1. The van der Waals surface area contributed by atoms with Gasteiger partial charge in [0.1, 0.15) is 6.54 Å². The maximum Gasteiger partial charge on any atom is 0.246 e. The highest BCUT2D eigenvalue weighted by Gasteiger charge is 2.27. The number of aliphatic imine (C=N–C) groups is 1. The van der Waals surface area contributed by atoms with Gasteiger partial charge in [-0.15, -0.1) is 24.0 Å². The van der Waals surface area contributed by atoms with E-state index in [0.29, 0.717) is 13.1 Å². The van der Waals surface area contributed by atoms with Crippen LogP contribution in [-0.2, 0) is 11.8 Å². The minimum Gasteiger partial charge on any atom is -0.357 e. The zero-order valence-corrected chi connectivity index (χ0v) is 19.6. The second-order valence-corrected chi connectivity index (χ2v) is 7.60. The average Bonchev–Trinajstić information content (AvgIpc) is 3.08. The molecule has 8 nitrogen and oxygen atoms in total. The predicted octanol–water partition coefficient (Wildman–Crippen LogP) is 1.38. The first-order chi connectivity index (χ1) is 13.1. The molecule has 2 aliphatic heterocycles. The highest BCUT2D eigenvalue weighted by atomic mass is 127. The van der Waals surface area contributed by atoms with E-state index in [2.05, 4.69) is 34.1 Å². The SMILES string of the molecule is CCNC(=NCCN1CCC(C)CC1)N1CCN(c2cnn(C)c2)C(=O)C1.I. The molecule has 2 aliphatic rings. The molecule has 1 aromatic rings. The van der Waals surface area contributed by atoms with Crippen LogP contribution in [-0.4, -0.2) is 83.8 Å². The molecule has 28 heavy (non-hydrogen) atoms. The summed E-state index contributed by atoms with van der Waals surface area (Å²) in [4.78, 5) is 23.8. The fraction of sp³-hybridized carbons (Fsp3) is 0.737. The number of halogens is 1. The number of carbonyl (C=O) groups is 1. The number of amides is 1. The van der Waals surface area contributed by atoms with Crippen molar-refractivity contribution in [3.8, 4) is 0 Å². The number of piperidine rings is 1. The molecule has 1 aromatic heterocycles. The quantitative estimate of drug-likeness (QED) is 0.374. The molecule has 0 atom stereocenters. The molecule has 0 unspecified atom stereocenters. The number of aryl methyl sites for hydroxylation is 1. The first-order valence-corrected chi connectivity index (χ1v) is 10.1. The first kappa shape index (κ1) is 22.9. The highest BCUT2D eigenvalue weighted by molar-refractivity contribution is 14.0. The van der Waals surface area contributed by atoms with Gasteiger partial charge in [-0.2, -0.15) is 5.10 Å². The average molecular weight is 503 g/mol. The van der Waals surface area contributed by atoms with Gasteiger partial charge in [0.25, 0.3) is 0 Å². The molecule has 0 aromatic carbocycles. The van der Waals surface area contributed by atoms with Crippen LogP contribution in [0.1, 0.15) is 26.7 Å². The van der Waals surface area contributed by atoms with E-state index in [4.69, 9.17) is 4.99 Å². The minimum absolute atomic E-state index is 0. The fourth-order valence-corrected chi connectivity index (χ4v) is 3.68. The number of hydrogen-bond donors (Lipinski definition) is 1. The van der Waals surface area contributed by atoms with Crippen molar-refractivity contribution in [2.24, 2.45) is 18.0 Å². The van der Waals surface area contributed by atoms with E-state index in [0.717, 1.165) is 43.7 Å². The second kappa shape index (κ2) is 11.0. The molecular weight excluding hydrogens is 469 g/mol. The number of nitrogens with one attached hydrogen (secondary N) is 1. The molecule has 2 saturated heterocycles. The van der Waals surface area contributed by atoms with Crippen LogP contribution >= 0.6 is 24.0 Å². The van der Waals surface area contributed by atoms with Gasteiger partial charge < -0.3 is 20.0 Å². The van der Waals surface area contributed by atoms with Crippen LogP contribution in [0.25, 0.3) is 0 Å². The second-order valence-electron chi connectivity index (χ2n) is 7.60. The Bertz CT molecular complexity index is 654. The number of aromatic nitrogens is 2. The Labute approximate surface area is 185 Å². The van der Waals surface area contributed by atoms with Gasteiger partial charge >= 0.3 is 0 Å². The van der Waals surface area contributed by atoms with Gasteiger partial charge in [-0.25, -0.2) is 0 Å². The van der Waals surface area contributed by atoms with Gasteiger partial charge in [-0.05, 0) is 38.8 Å². The molecule has 3 rings (SSSR count). The molecule has 0 aliphatic carbocycles. The number of nitrogens with zero attached hydrogens (tertiary/aromatic N) is 6. The number of rotatable bonds is 5. The molecule has 2 fully saturated rings. The third-order valence-electron chi connectivity index (χ3n) is 5.41. The van der Waals surface area contributed by atoms with Crippen molar-refractivity contribution >= 4 is 41.5 Å². The Morgan fingerprint density at radius 1 is 1.29 bits per heavy atom. The van der Waals surface area contributed by atoms with E-state index in [-0.39, 0.29) is 29.9 Å². The van der Waals surface area contributed by atoms with Crippen molar-refractivity contribution in [2.75, 3.05) is 57.3 Å². The van der Waals surface area contributed by atoms with Gasteiger partial charge in [-0.1, -0.05) is 6.92 Å². The minimum atomic E-state index is 0. The van der Waals surface area contributed by atoms with Gasteiger partial charge in [-0.3, -0.25) is 14.5 Å². The van der Waals surface area contributed by atoms with E-state index >= 15 is 0 Å². The number of likely N-dealkylation sites (tertiary alicyclic amines) is 1. The third kappa shape index (κ3) is 6.07. The van der Waals surface area contributed by atoms with Crippen molar-refractivity contribution in [3.05, 3.63) is 12.4 Å². The van der Waals surface area contributed by atoms with E-state index in [1.54, 1.807) is 10.9 Å². The predicted molar refractivity (Wildman–Crippen MR) is 123 cm³/mol. The van der Waals surface area contributed by atoms with Crippen molar-refractivity contribution < 1.29 is 4.79 Å². The monoisotopic (exact) mass is 503 g/mol. The summed E-state index contributed by atoms with van der Waals surface area (Å²) in [5.74, 6) is 1.79. The molecule has 9 heteroatoms. The van der Waals surface area contributed by atoms with Crippen molar-refractivity contribution in [2.45, 2.75) is 26.7 Å². The number of hydrogen-bond acceptors (Lipinski definition) is 4. The van der Waals surface area contributed by atoms with Crippen LogP contribution in [0.4, 0.5) is 5.69 Å². The smallest absolute Gasteiger partial charge is 0.246 e. The molecular formula is C19H34IN7O. The first-order valence-electron chi connectivity index (χ1n) is 10.1. The molecule has 158 valence electrons. The number of carbonyl (C=O) groups excluding carboxylic acids is 1. The largest absolute Gasteiger partial charge is 0.357 e. The van der Waals surface area contributed by atoms with E-state index in [1.807, 2.05) is 18.1 Å². The van der Waals surface area contributed by atoms with Crippen LogP contribution in [0.2, 0.25) is 0 Å². The van der Waals surface area contributed by atoms with Crippen molar-refractivity contribution in [3.63, 3.8) is 0 Å². The molecule has 0 radical (unpaired) electrons. The zero-order valence-electron chi connectivity index (χ0n) is 17.3. The van der Waals surface area contributed by atoms with Crippen LogP contribution < -0.4 is 10.2 Å². The Morgan fingerprint density at radius 2 is 2.04 bits per heavy atom. The lowest BCUT2D eigenvalue weighted by Gasteiger charge is -2.35. The summed E-state index contributed by atoms with van der Waals surface area (Å²) in [6, 6.07) is 0. The lowest BCUT2D eigenvalue weighted by atomic mass is 9.99. The number of guanidine groups is 1. The lowest BCUT2D eigenvalue weighted by Crippen LogP contribution is -2.55. The van der Waals surface area contributed by atoms with Crippen LogP contribution in [0.3, 0.4) is 0 Å². The van der Waals surface area contributed by atoms with Gasteiger partial charge in [0.15, 0.2) is 5.96 Å². The molecule has 1 amide bonds. The summed E-state index contributed by atoms with van der Waals surface area (Å²) in [6.07, 6.45) is 6.20. The van der Waals surface area contributed by atoms with Crippen molar-refractivity contribution in [1.82, 2.24) is 24.9 Å². The Kier molecular flexibility index (Phi) is 9.00. The molecule has 0 bridgehead atoms. The lowest BCUT2D eigenvalue weighted by molar-refractivity contribution is -0.120. The Morgan fingerprint density at radius 3 is 2.64 bits per heavy atom. The summed E-state index contributed by atoms with van der Waals surface area (Å²) >= 11 is 0. The van der Waals surface area contributed by atoms with Crippen LogP contribution in [0.15, 0.2) is 17.4 Å². The zero-order chi connectivity index (χ0) is 19.2. The van der Waals surface area contributed by atoms with Crippen LogP contribution in [0.5, 0.6) is 0 Å². The normalized spacial score (nSPS) is 19.7. The summed E-state index contributed by atoms with van der Waals surface area (Å²) in [5, 5.41) is 7.51. The summed E-state index contributed by atoms with van der Waals surface area (Å²) in [7, 11) is 1.86. The molecule has 0 spiro atoms. The summed E-state index contributed by atoms with van der Waals surface area (Å²) < 4.78 is 1.72. The fourth-order valence-electron chi connectivity index (χ4n) is 3.68.